The van der Waals surface area contributed by atoms with Crippen molar-refractivity contribution in [2.24, 2.45) is 4.99 Å². The lowest BCUT2D eigenvalue weighted by Gasteiger charge is -2.03. The normalized spacial score (nSPS) is 11.3. The molecule has 0 radical (unpaired) electrons. The second-order valence-electron chi connectivity index (χ2n) is 4.23. The van der Waals surface area contributed by atoms with Crippen LogP contribution in [0.25, 0.3) is 10.8 Å². The van der Waals surface area contributed by atoms with E-state index in [9.17, 15) is 0 Å². The van der Waals surface area contributed by atoms with Crippen LogP contribution in [0.1, 0.15) is 11.3 Å². The van der Waals surface area contributed by atoms with Gasteiger partial charge in [-0.25, -0.2) is 0 Å². The van der Waals surface area contributed by atoms with Crippen molar-refractivity contribution in [3.63, 3.8) is 0 Å². The molecule has 1 N–H and O–H groups in total. The van der Waals surface area contributed by atoms with Crippen LogP contribution in [0, 0.1) is 0 Å². The van der Waals surface area contributed by atoms with Crippen LogP contribution in [0.4, 0.5) is 0 Å². The van der Waals surface area contributed by atoms with E-state index in [-0.39, 0.29) is 0 Å². The molecule has 0 saturated carbocycles. The average Bonchev–Trinajstić information content (AvgIpc) is 2.92. The van der Waals surface area contributed by atoms with Crippen molar-refractivity contribution in [1.29, 1.82) is 0 Å². The summed E-state index contributed by atoms with van der Waals surface area (Å²) < 4.78 is 0. The number of H-pyrrole nitrogens is 1. The summed E-state index contributed by atoms with van der Waals surface area (Å²) in [4.78, 5) is 7.59. The lowest BCUT2D eigenvalue weighted by atomic mass is 10.1. The van der Waals surface area contributed by atoms with E-state index >= 15 is 0 Å². The van der Waals surface area contributed by atoms with Gasteiger partial charge in [0.25, 0.3) is 0 Å². The third-order valence-corrected chi connectivity index (χ3v) is 2.99. The molecule has 1 aromatic heterocycles. The van der Waals surface area contributed by atoms with Gasteiger partial charge in [0.15, 0.2) is 0 Å². The number of hydrogen-bond acceptors (Lipinski definition) is 1. The van der Waals surface area contributed by atoms with Crippen molar-refractivity contribution in [3.05, 3.63) is 72.1 Å². The molecule has 0 saturated heterocycles. The fraction of sp³-hybridized carbons (Fsp3) is 0.0625. The Hall–Kier alpha value is -2.35. The van der Waals surface area contributed by atoms with Crippen molar-refractivity contribution < 1.29 is 0 Å². The molecule has 1 heterocycles. The molecule has 2 nitrogen and oxygen atoms in total. The van der Waals surface area contributed by atoms with Crippen molar-refractivity contribution in [2.75, 3.05) is 0 Å². The van der Waals surface area contributed by atoms with Crippen LogP contribution in [0.5, 0.6) is 0 Å². The third kappa shape index (κ3) is 2.18. The first-order chi connectivity index (χ1) is 8.93. The summed E-state index contributed by atoms with van der Waals surface area (Å²) in [6.45, 7) is 0.709. The summed E-state index contributed by atoms with van der Waals surface area (Å²) in [6, 6.07) is 18.7. The van der Waals surface area contributed by atoms with Gasteiger partial charge >= 0.3 is 0 Å². The van der Waals surface area contributed by atoms with Gasteiger partial charge in [-0.2, -0.15) is 0 Å². The zero-order valence-electron chi connectivity index (χ0n) is 10.0. The van der Waals surface area contributed by atoms with Crippen LogP contribution in [0.3, 0.4) is 0 Å². The lowest BCUT2D eigenvalue weighted by molar-refractivity contribution is 1.09. The summed E-state index contributed by atoms with van der Waals surface area (Å²) in [7, 11) is 0. The highest BCUT2D eigenvalue weighted by atomic mass is 14.8. The van der Waals surface area contributed by atoms with Crippen molar-refractivity contribution in [2.45, 2.75) is 6.54 Å². The van der Waals surface area contributed by atoms with Gasteiger partial charge in [0.1, 0.15) is 0 Å². The second kappa shape index (κ2) is 4.88. The van der Waals surface area contributed by atoms with E-state index in [1.807, 2.05) is 24.5 Å². The Kier molecular flexibility index (Phi) is 2.92. The van der Waals surface area contributed by atoms with E-state index in [0.717, 1.165) is 5.69 Å². The number of aromatic amines is 1. The minimum absolute atomic E-state index is 0.709. The Balaban J connectivity index is 1.87. The summed E-state index contributed by atoms with van der Waals surface area (Å²) in [5.41, 5.74) is 2.30. The first-order valence-corrected chi connectivity index (χ1v) is 6.03. The van der Waals surface area contributed by atoms with E-state index < -0.39 is 0 Å². The fourth-order valence-corrected chi connectivity index (χ4v) is 2.10. The molecule has 0 amide bonds. The predicted octanol–water partition coefficient (Wildman–Crippen LogP) is 3.79. The van der Waals surface area contributed by atoms with Gasteiger partial charge in [-0.15, -0.1) is 0 Å². The number of hydrogen-bond donors (Lipinski definition) is 1. The quantitative estimate of drug-likeness (QED) is 0.668. The Morgan fingerprint density at radius 3 is 2.72 bits per heavy atom. The van der Waals surface area contributed by atoms with E-state index in [2.05, 4.69) is 52.4 Å². The largest absolute Gasteiger partial charge is 0.360 e. The molecule has 0 spiro atoms. The summed E-state index contributed by atoms with van der Waals surface area (Å²) in [6.07, 6.45) is 3.78. The molecule has 2 aromatic carbocycles. The highest BCUT2D eigenvalue weighted by molar-refractivity contribution is 5.86. The molecule has 3 aromatic rings. The predicted molar refractivity (Wildman–Crippen MR) is 76.0 cm³/mol. The molecular formula is C16H14N2. The summed E-state index contributed by atoms with van der Waals surface area (Å²) in [5, 5.41) is 2.55. The van der Waals surface area contributed by atoms with Crippen LogP contribution < -0.4 is 0 Å². The van der Waals surface area contributed by atoms with Crippen LogP contribution >= 0.6 is 0 Å². The molecule has 0 aliphatic carbocycles. The Morgan fingerprint density at radius 1 is 0.944 bits per heavy atom. The van der Waals surface area contributed by atoms with E-state index in [1.54, 1.807) is 0 Å². The number of nitrogens with one attached hydrogen (secondary N) is 1. The fourth-order valence-electron chi connectivity index (χ4n) is 2.10. The van der Waals surface area contributed by atoms with Gasteiger partial charge < -0.3 is 4.98 Å². The lowest BCUT2D eigenvalue weighted by Crippen LogP contribution is -1.86. The molecule has 18 heavy (non-hydrogen) atoms. The first-order valence-electron chi connectivity index (χ1n) is 6.03. The average molecular weight is 234 g/mol. The molecule has 0 fully saturated rings. The number of fused-ring (bicyclic) bond motifs is 1. The second-order valence-corrected chi connectivity index (χ2v) is 4.23. The number of nitrogens with zero attached hydrogens (tertiary/aromatic N) is 1. The zero-order valence-corrected chi connectivity index (χ0v) is 10.0. The van der Waals surface area contributed by atoms with Gasteiger partial charge in [0, 0.05) is 12.4 Å². The van der Waals surface area contributed by atoms with Gasteiger partial charge in [0.05, 0.1) is 12.2 Å². The highest BCUT2D eigenvalue weighted by Crippen LogP contribution is 2.18. The smallest absolute Gasteiger partial charge is 0.0646 e. The maximum absolute atomic E-state index is 4.48. The van der Waals surface area contributed by atoms with Crippen molar-refractivity contribution in [3.8, 4) is 0 Å². The van der Waals surface area contributed by atoms with Crippen LogP contribution in [-0.2, 0) is 6.54 Å². The van der Waals surface area contributed by atoms with Crippen LogP contribution in [-0.4, -0.2) is 11.2 Å². The highest BCUT2D eigenvalue weighted by Gasteiger charge is 1.98. The molecule has 2 heteroatoms. The zero-order chi connectivity index (χ0) is 12.2. The van der Waals surface area contributed by atoms with Crippen molar-refractivity contribution >= 4 is 17.0 Å². The minimum Gasteiger partial charge on any atom is -0.360 e. The van der Waals surface area contributed by atoms with Gasteiger partial charge in [-0.05, 0) is 28.5 Å². The number of benzene rings is 2. The van der Waals surface area contributed by atoms with Gasteiger partial charge in [0.2, 0.25) is 0 Å². The van der Waals surface area contributed by atoms with E-state index in [1.165, 1.54) is 16.3 Å². The number of aromatic nitrogens is 1. The molecule has 0 aliphatic heterocycles. The van der Waals surface area contributed by atoms with Gasteiger partial charge in [-0.1, -0.05) is 42.5 Å². The third-order valence-electron chi connectivity index (χ3n) is 2.99. The molecule has 3 rings (SSSR count). The van der Waals surface area contributed by atoms with Crippen LogP contribution in [0.15, 0.2) is 65.8 Å². The van der Waals surface area contributed by atoms with E-state index in [4.69, 9.17) is 0 Å². The summed E-state index contributed by atoms with van der Waals surface area (Å²) >= 11 is 0. The maximum atomic E-state index is 4.48. The van der Waals surface area contributed by atoms with Crippen molar-refractivity contribution in [1.82, 2.24) is 4.98 Å². The Bertz CT molecular complexity index is 661. The van der Waals surface area contributed by atoms with Gasteiger partial charge in [-0.3, -0.25) is 4.99 Å². The monoisotopic (exact) mass is 234 g/mol. The number of rotatable bonds is 3. The molecule has 0 unspecified atom stereocenters. The maximum Gasteiger partial charge on any atom is 0.0646 e. The van der Waals surface area contributed by atoms with Crippen LogP contribution in [0.2, 0.25) is 0 Å². The first kappa shape index (κ1) is 10.8. The molecule has 88 valence electrons. The molecular weight excluding hydrogens is 220 g/mol. The topological polar surface area (TPSA) is 28.1 Å². The Labute approximate surface area is 106 Å². The Morgan fingerprint density at radius 2 is 1.83 bits per heavy atom. The SMILES string of the molecule is C(=NCc1cccc2ccccc12)c1ccc[nH]1. The van der Waals surface area contributed by atoms with E-state index in [0.29, 0.717) is 6.54 Å². The summed E-state index contributed by atoms with van der Waals surface area (Å²) in [5.74, 6) is 0. The molecule has 0 atom stereocenters. The standard InChI is InChI=1S/C16H14N2/c1-2-9-16-13(5-1)6-3-7-14(16)11-17-12-15-8-4-10-18-15/h1-10,12,18H,11H2. The minimum atomic E-state index is 0.709. The molecule has 0 aliphatic rings. The molecule has 0 bridgehead atoms. The number of aliphatic imine (C=N–C) groups is 1.